The van der Waals surface area contributed by atoms with Gasteiger partial charge in [-0.1, -0.05) is 5.21 Å². The van der Waals surface area contributed by atoms with E-state index in [1.54, 1.807) is 4.68 Å². The summed E-state index contributed by atoms with van der Waals surface area (Å²) in [6, 6.07) is 0.438. The number of nitrogens with zero attached hydrogens (tertiary/aromatic N) is 3. The van der Waals surface area contributed by atoms with Gasteiger partial charge in [0, 0.05) is 25.4 Å². The summed E-state index contributed by atoms with van der Waals surface area (Å²) in [4.78, 5) is 0. The van der Waals surface area contributed by atoms with Gasteiger partial charge in [-0.15, -0.1) is 5.10 Å². The second-order valence-electron chi connectivity index (χ2n) is 3.64. The summed E-state index contributed by atoms with van der Waals surface area (Å²) >= 11 is 0. The van der Waals surface area contributed by atoms with Crippen molar-refractivity contribution in [3.63, 3.8) is 0 Å². The SMILES string of the molecule is OCCn1cc(CNC2CCOC2)nn1. The van der Waals surface area contributed by atoms with Crippen LogP contribution in [0.25, 0.3) is 0 Å². The minimum atomic E-state index is 0.0900. The van der Waals surface area contributed by atoms with Crippen LogP contribution in [0.4, 0.5) is 0 Å². The Morgan fingerprint density at radius 1 is 1.67 bits per heavy atom. The van der Waals surface area contributed by atoms with Gasteiger partial charge in [-0.25, -0.2) is 4.68 Å². The van der Waals surface area contributed by atoms with Crippen molar-refractivity contribution >= 4 is 0 Å². The second kappa shape index (κ2) is 5.20. The standard InChI is InChI=1S/C9H16N4O2/c14-3-2-13-6-9(11-12-13)5-10-8-1-4-15-7-8/h6,8,10,14H,1-5,7H2. The molecule has 6 nitrogen and oxygen atoms in total. The van der Waals surface area contributed by atoms with Gasteiger partial charge in [0.25, 0.3) is 0 Å². The van der Waals surface area contributed by atoms with E-state index in [0.717, 1.165) is 25.3 Å². The first-order valence-electron chi connectivity index (χ1n) is 5.19. The molecule has 0 aliphatic carbocycles. The number of rotatable bonds is 5. The lowest BCUT2D eigenvalue weighted by Crippen LogP contribution is -2.28. The number of hydrogen-bond acceptors (Lipinski definition) is 5. The molecule has 2 heterocycles. The van der Waals surface area contributed by atoms with Crippen LogP contribution in [-0.2, 0) is 17.8 Å². The largest absolute Gasteiger partial charge is 0.394 e. The van der Waals surface area contributed by atoms with Crippen LogP contribution in [0.3, 0.4) is 0 Å². The molecule has 6 heteroatoms. The van der Waals surface area contributed by atoms with Crippen LogP contribution < -0.4 is 5.32 Å². The fraction of sp³-hybridized carbons (Fsp3) is 0.778. The molecule has 0 radical (unpaired) electrons. The maximum Gasteiger partial charge on any atom is 0.0964 e. The van der Waals surface area contributed by atoms with Crippen LogP contribution in [0.1, 0.15) is 12.1 Å². The molecule has 1 fully saturated rings. The molecule has 1 aliphatic rings. The summed E-state index contributed by atoms with van der Waals surface area (Å²) in [6.45, 7) is 2.92. The molecule has 2 N–H and O–H groups in total. The van der Waals surface area contributed by atoms with Gasteiger partial charge in [-0.3, -0.25) is 0 Å². The van der Waals surface area contributed by atoms with Gasteiger partial charge < -0.3 is 15.2 Å². The Hall–Kier alpha value is -0.980. The lowest BCUT2D eigenvalue weighted by Gasteiger charge is -2.07. The molecule has 1 unspecified atom stereocenters. The first-order chi connectivity index (χ1) is 7.38. The van der Waals surface area contributed by atoms with E-state index in [4.69, 9.17) is 9.84 Å². The van der Waals surface area contributed by atoms with Crippen molar-refractivity contribution in [2.45, 2.75) is 25.6 Å². The third-order valence-corrected chi connectivity index (χ3v) is 2.42. The summed E-state index contributed by atoms with van der Waals surface area (Å²) in [5.41, 5.74) is 0.898. The molecule has 0 aromatic carbocycles. The van der Waals surface area contributed by atoms with Crippen molar-refractivity contribution in [2.24, 2.45) is 0 Å². The monoisotopic (exact) mass is 212 g/mol. The number of hydrogen-bond donors (Lipinski definition) is 2. The Kier molecular flexibility index (Phi) is 3.65. The lowest BCUT2D eigenvalue weighted by atomic mass is 10.2. The molecular weight excluding hydrogens is 196 g/mol. The zero-order chi connectivity index (χ0) is 10.5. The van der Waals surface area contributed by atoms with Gasteiger partial charge in [0.1, 0.15) is 0 Å². The molecule has 2 rings (SSSR count). The quantitative estimate of drug-likeness (QED) is 0.665. The minimum Gasteiger partial charge on any atom is -0.394 e. The van der Waals surface area contributed by atoms with E-state index in [9.17, 15) is 0 Å². The first-order valence-corrected chi connectivity index (χ1v) is 5.19. The molecule has 0 spiro atoms. The zero-order valence-corrected chi connectivity index (χ0v) is 8.59. The fourth-order valence-electron chi connectivity index (χ4n) is 1.58. The highest BCUT2D eigenvalue weighted by Crippen LogP contribution is 2.04. The van der Waals surface area contributed by atoms with Gasteiger partial charge >= 0.3 is 0 Å². The third-order valence-electron chi connectivity index (χ3n) is 2.42. The molecule has 0 amide bonds. The molecule has 1 aliphatic heterocycles. The highest BCUT2D eigenvalue weighted by atomic mass is 16.5. The van der Waals surface area contributed by atoms with Crippen LogP contribution in [-0.4, -0.2) is 46.0 Å². The number of aliphatic hydroxyl groups is 1. The maximum atomic E-state index is 8.71. The van der Waals surface area contributed by atoms with Crippen molar-refractivity contribution < 1.29 is 9.84 Å². The average molecular weight is 212 g/mol. The summed E-state index contributed by atoms with van der Waals surface area (Å²) in [6.07, 6.45) is 2.91. The Labute approximate surface area is 88.2 Å². The number of aromatic nitrogens is 3. The maximum absolute atomic E-state index is 8.71. The second-order valence-corrected chi connectivity index (χ2v) is 3.64. The van der Waals surface area contributed by atoms with Crippen LogP contribution in [0.2, 0.25) is 0 Å². The van der Waals surface area contributed by atoms with Crippen LogP contribution >= 0.6 is 0 Å². The molecular formula is C9H16N4O2. The Morgan fingerprint density at radius 3 is 3.33 bits per heavy atom. The van der Waals surface area contributed by atoms with Crippen molar-refractivity contribution in [2.75, 3.05) is 19.8 Å². The number of nitrogens with one attached hydrogen (secondary N) is 1. The van der Waals surface area contributed by atoms with Crippen molar-refractivity contribution in [3.8, 4) is 0 Å². The van der Waals surface area contributed by atoms with Crippen molar-refractivity contribution in [1.29, 1.82) is 0 Å². The highest BCUT2D eigenvalue weighted by molar-refractivity contribution is 4.92. The van der Waals surface area contributed by atoms with E-state index in [-0.39, 0.29) is 6.61 Å². The summed E-state index contributed by atoms with van der Waals surface area (Å²) < 4.78 is 6.89. The van der Waals surface area contributed by atoms with Gasteiger partial charge in [0.2, 0.25) is 0 Å². The number of ether oxygens (including phenoxy) is 1. The molecule has 1 aromatic rings. The highest BCUT2D eigenvalue weighted by Gasteiger charge is 2.14. The topological polar surface area (TPSA) is 72.2 Å². The van der Waals surface area contributed by atoms with Gasteiger partial charge in [-0.2, -0.15) is 0 Å². The van der Waals surface area contributed by atoms with E-state index < -0.39 is 0 Å². The fourth-order valence-corrected chi connectivity index (χ4v) is 1.58. The molecule has 1 saturated heterocycles. The Balaban J connectivity index is 1.77. The van der Waals surface area contributed by atoms with Gasteiger partial charge in [0.15, 0.2) is 0 Å². The lowest BCUT2D eigenvalue weighted by molar-refractivity contribution is 0.189. The number of aliphatic hydroxyl groups excluding tert-OH is 1. The molecule has 1 atom stereocenters. The summed E-state index contributed by atoms with van der Waals surface area (Å²) in [5.74, 6) is 0. The molecule has 15 heavy (non-hydrogen) atoms. The van der Waals surface area contributed by atoms with Crippen molar-refractivity contribution in [3.05, 3.63) is 11.9 Å². The third kappa shape index (κ3) is 2.98. The van der Waals surface area contributed by atoms with Crippen LogP contribution in [0.5, 0.6) is 0 Å². The Bertz CT molecular complexity index is 296. The molecule has 0 saturated carbocycles. The minimum absolute atomic E-state index is 0.0900. The normalized spacial score (nSPS) is 21.0. The summed E-state index contributed by atoms with van der Waals surface area (Å²) in [7, 11) is 0. The molecule has 0 bridgehead atoms. The van der Waals surface area contributed by atoms with E-state index in [1.807, 2.05) is 6.20 Å². The predicted molar refractivity (Wildman–Crippen MR) is 53.2 cm³/mol. The molecule has 1 aromatic heterocycles. The van der Waals surface area contributed by atoms with Crippen molar-refractivity contribution in [1.82, 2.24) is 20.3 Å². The van der Waals surface area contributed by atoms with Gasteiger partial charge in [-0.05, 0) is 6.42 Å². The Morgan fingerprint density at radius 2 is 2.60 bits per heavy atom. The smallest absolute Gasteiger partial charge is 0.0964 e. The van der Waals surface area contributed by atoms with E-state index in [0.29, 0.717) is 19.1 Å². The van der Waals surface area contributed by atoms with E-state index >= 15 is 0 Å². The van der Waals surface area contributed by atoms with E-state index in [1.165, 1.54) is 0 Å². The first kappa shape index (κ1) is 10.5. The summed E-state index contributed by atoms with van der Waals surface area (Å²) in [5, 5.41) is 19.9. The van der Waals surface area contributed by atoms with Gasteiger partial charge in [0.05, 0.1) is 25.5 Å². The van der Waals surface area contributed by atoms with Crippen LogP contribution in [0.15, 0.2) is 6.20 Å². The predicted octanol–water partition coefficient (Wildman–Crippen LogP) is -0.851. The van der Waals surface area contributed by atoms with E-state index in [2.05, 4.69) is 15.6 Å². The average Bonchev–Trinajstić information content (AvgIpc) is 2.85. The molecule has 84 valence electrons. The van der Waals surface area contributed by atoms with Crippen LogP contribution in [0, 0.1) is 0 Å². The zero-order valence-electron chi connectivity index (χ0n) is 8.59.